The van der Waals surface area contributed by atoms with E-state index in [4.69, 9.17) is 11.6 Å². The number of imide groups is 1. The number of carbonyl (C=O) groups excluding carboxylic acids is 2. The highest BCUT2D eigenvalue weighted by atomic mass is 79.9. The van der Waals surface area contributed by atoms with Crippen molar-refractivity contribution in [2.75, 3.05) is 10.2 Å². The lowest BCUT2D eigenvalue weighted by molar-refractivity contribution is -0.121. The van der Waals surface area contributed by atoms with E-state index in [1.165, 1.54) is 4.90 Å². The van der Waals surface area contributed by atoms with Gasteiger partial charge in [0.2, 0.25) is 5.91 Å². The normalized spacial score (nSPS) is 17.9. The molecule has 4 nitrogen and oxygen atoms in total. The number of anilines is 2. The molecule has 0 unspecified atom stereocenters. The number of halogens is 2. The number of carbonyl (C=O) groups is 2. The van der Waals surface area contributed by atoms with Crippen LogP contribution >= 0.6 is 27.5 Å². The smallest absolute Gasteiger partial charge is 0.256 e. The summed E-state index contributed by atoms with van der Waals surface area (Å²) < 4.78 is 0.704. The molecule has 1 saturated heterocycles. The Kier molecular flexibility index (Phi) is 4.18. The number of hydrogen-bond donors (Lipinski definition) is 1. The van der Waals surface area contributed by atoms with Crippen molar-refractivity contribution in [2.24, 2.45) is 0 Å². The van der Waals surface area contributed by atoms with Gasteiger partial charge in [-0.2, -0.15) is 0 Å². The van der Waals surface area contributed by atoms with Gasteiger partial charge in [0.25, 0.3) is 5.91 Å². The van der Waals surface area contributed by atoms with Crippen LogP contribution < -0.4 is 10.2 Å². The Morgan fingerprint density at radius 1 is 1.09 bits per heavy atom. The van der Waals surface area contributed by atoms with Crippen molar-refractivity contribution < 1.29 is 9.59 Å². The zero-order valence-corrected chi connectivity index (χ0v) is 13.8. The van der Waals surface area contributed by atoms with Crippen LogP contribution in [0, 0.1) is 0 Å². The van der Waals surface area contributed by atoms with Gasteiger partial charge >= 0.3 is 0 Å². The van der Waals surface area contributed by atoms with Crippen LogP contribution in [0.3, 0.4) is 0 Å². The van der Waals surface area contributed by atoms with E-state index in [1.54, 1.807) is 30.3 Å². The SMILES string of the molecule is O=C1C[C@H](Nc2ccccc2Cl)C(=O)N1c1ccccc1Br. The fourth-order valence-electron chi connectivity index (χ4n) is 2.40. The summed E-state index contributed by atoms with van der Waals surface area (Å²) in [5.41, 5.74) is 1.20. The molecule has 0 saturated carbocycles. The first-order valence-corrected chi connectivity index (χ1v) is 7.87. The Morgan fingerprint density at radius 3 is 2.50 bits per heavy atom. The van der Waals surface area contributed by atoms with Crippen LogP contribution in [0.1, 0.15) is 6.42 Å². The molecule has 1 aliphatic heterocycles. The quantitative estimate of drug-likeness (QED) is 0.824. The predicted molar refractivity (Wildman–Crippen MR) is 90.1 cm³/mol. The van der Waals surface area contributed by atoms with E-state index >= 15 is 0 Å². The maximum atomic E-state index is 12.6. The van der Waals surface area contributed by atoms with Gasteiger partial charge < -0.3 is 5.32 Å². The molecule has 2 amide bonds. The van der Waals surface area contributed by atoms with Crippen LogP contribution in [-0.2, 0) is 9.59 Å². The topological polar surface area (TPSA) is 49.4 Å². The monoisotopic (exact) mass is 378 g/mol. The van der Waals surface area contributed by atoms with Gasteiger partial charge in [-0.15, -0.1) is 0 Å². The second kappa shape index (κ2) is 6.10. The molecule has 1 aliphatic rings. The van der Waals surface area contributed by atoms with Crippen LogP contribution in [-0.4, -0.2) is 17.9 Å². The first-order chi connectivity index (χ1) is 10.6. The Morgan fingerprint density at radius 2 is 1.77 bits per heavy atom. The summed E-state index contributed by atoms with van der Waals surface area (Å²) in [6.45, 7) is 0. The Hall–Kier alpha value is -1.85. The average Bonchev–Trinajstić information content (AvgIpc) is 2.77. The number of nitrogens with one attached hydrogen (secondary N) is 1. The average molecular weight is 380 g/mol. The summed E-state index contributed by atoms with van der Waals surface area (Å²) in [5.74, 6) is -0.515. The second-order valence-electron chi connectivity index (χ2n) is 4.90. The number of para-hydroxylation sites is 2. The minimum atomic E-state index is -0.612. The molecule has 6 heteroatoms. The highest BCUT2D eigenvalue weighted by Crippen LogP contribution is 2.31. The van der Waals surface area contributed by atoms with Crippen molar-refractivity contribution in [3.05, 3.63) is 58.0 Å². The Balaban J connectivity index is 1.86. The first-order valence-electron chi connectivity index (χ1n) is 6.70. The molecule has 22 heavy (non-hydrogen) atoms. The highest BCUT2D eigenvalue weighted by Gasteiger charge is 2.40. The largest absolute Gasteiger partial charge is 0.372 e. The van der Waals surface area contributed by atoms with Gasteiger partial charge in [-0.25, -0.2) is 4.90 Å². The van der Waals surface area contributed by atoms with Gasteiger partial charge in [-0.1, -0.05) is 35.9 Å². The standard InChI is InChI=1S/C16H12BrClN2O2/c17-10-5-1-4-8-14(10)20-15(21)9-13(16(20)22)19-12-7-3-2-6-11(12)18/h1-8,13,19H,9H2/t13-/m0/s1. The van der Waals surface area contributed by atoms with Crippen LogP contribution in [0.15, 0.2) is 53.0 Å². The zero-order chi connectivity index (χ0) is 15.7. The number of hydrogen-bond acceptors (Lipinski definition) is 3. The van der Waals surface area contributed by atoms with Crippen LogP contribution in [0.5, 0.6) is 0 Å². The lowest BCUT2D eigenvalue weighted by Crippen LogP contribution is -2.35. The van der Waals surface area contributed by atoms with E-state index in [2.05, 4.69) is 21.2 Å². The van der Waals surface area contributed by atoms with Crippen LogP contribution in [0.4, 0.5) is 11.4 Å². The van der Waals surface area contributed by atoms with Gasteiger partial charge in [0.15, 0.2) is 0 Å². The summed E-state index contributed by atoms with van der Waals surface area (Å²) in [7, 11) is 0. The molecule has 2 aromatic rings. The van der Waals surface area contributed by atoms with E-state index in [-0.39, 0.29) is 18.2 Å². The third-order valence-electron chi connectivity index (χ3n) is 3.44. The first kappa shape index (κ1) is 15.1. The fourth-order valence-corrected chi connectivity index (χ4v) is 3.05. The second-order valence-corrected chi connectivity index (χ2v) is 6.16. The van der Waals surface area contributed by atoms with Crippen molar-refractivity contribution in [2.45, 2.75) is 12.5 Å². The zero-order valence-electron chi connectivity index (χ0n) is 11.4. The van der Waals surface area contributed by atoms with E-state index < -0.39 is 6.04 Å². The minimum Gasteiger partial charge on any atom is -0.372 e. The fraction of sp³-hybridized carbons (Fsp3) is 0.125. The lowest BCUT2D eigenvalue weighted by atomic mass is 10.2. The number of nitrogens with zero attached hydrogens (tertiary/aromatic N) is 1. The van der Waals surface area contributed by atoms with Crippen molar-refractivity contribution in [3.63, 3.8) is 0 Å². The van der Waals surface area contributed by atoms with E-state index in [9.17, 15) is 9.59 Å². The maximum Gasteiger partial charge on any atom is 0.256 e. The van der Waals surface area contributed by atoms with E-state index in [0.29, 0.717) is 20.9 Å². The predicted octanol–water partition coefficient (Wildman–Crippen LogP) is 3.85. The van der Waals surface area contributed by atoms with Gasteiger partial charge in [0.05, 0.1) is 22.8 Å². The molecule has 1 fully saturated rings. The molecule has 0 aromatic heterocycles. The molecule has 112 valence electrons. The molecule has 1 heterocycles. The van der Waals surface area contributed by atoms with Crippen molar-refractivity contribution in [3.8, 4) is 0 Å². The molecule has 2 aromatic carbocycles. The molecule has 3 rings (SSSR count). The maximum absolute atomic E-state index is 12.6. The number of benzene rings is 2. The molecular weight excluding hydrogens is 368 g/mol. The minimum absolute atomic E-state index is 0.103. The van der Waals surface area contributed by atoms with Gasteiger partial charge in [0.1, 0.15) is 6.04 Å². The summed E-state index contributed by atoms with van der Waals surface area (Å²) in [4.78, 5) is 26.0. The number of rotatable bonds is 3. The highest BCUT2D eigenvalue weighted by molar-refractivity contribution is 9.10. The third-order valence-corrected chi connectivity index (χ3v) is 4.44. The van der Waals surface area contributed by atoms with Crippen molar-refractivity contribution in [1.82, 2.24) is 0 Å². The van der Waals surface area contributed by atoms with E-state index in [1.807, 2.05) is 18.2 Å². The van der Waals surface area contributed by atoms with Gasteiger partial charge in [0, 0.05) is 4.47 Å². The molecule has 0 radical (unpaired) electrons. The molecule has 0 spiro atoms. The van der Waals surface area contributed by atoms with Crippen molar-refractivity contribution in [1.29, 1.82) is 0 Å². The Bertz CT molecular complexity index is 750. The summed E-state index contributed by atoms with van der Waals surface area (Å²) in [6.07, 6.45) is 0.103. The summed E-state index contributed by atoms with van der Waals surface area (Å²) >= 11 is 9.46. The summed E-state index contributed by atoms with van der Waals surface area (Å²) in [6, 6.07) is 13.7. The van der Waals surface area contributed by atoms with Gasteiger partial charge in [-0.05, 0) is 40.2 Å². The molecule has 0 aliphatic carbocycles. The Labute approximate surface area is 141 Å². The lowest BCUT2D eigenvalue weighted by Gasteiger charge is -2.17. The molecule has 0 bridgehead atoms. The molecule has 1 N–H and O–H groups in total. The van der Waals surface area contributed by atoms with Crippen molar-refractivity contribution >= 4 is 50.7 Å². The molecule has 1 atom stereocenters. The number of amides is 2. The van der Waals surface area contributed by atoms with Crippen LogP contribution in [0.2, 0.25) is 5.02 Å². The molecular formula is C16H12BrClN2O2. The van der Waals surface area contributed by atoms with E-state index in [0.717, 1.165) is 0 Å². The third kappa shape index (κ3) is 2.74. The summed E-state index contributed by atoms with van der Waals surface area (Å²) in [5, 5.41) is 3.57. The van der Waals surface area contributed by atoms with Crippen LogP contribution in [0.25, 0.3) is 0 Å². The van der Waals surface area contributed by atoms with Gasteiger partial charge in [-0.3, -0.25) is 9.59 Å².